The molecule has 0 saturated carbocycles. The number of hydrogen-bond acceptors (Lipinski definition) is 9. The molecule has 1 aliphatic heterocycles. The van der Waals surface area contributed by atoms with Crippen LogP contribution in [0.15, 0.2) is 34.9 Å². The number of fused-ring (bicyclic) bond motifs is 1. The van der Waals surface area contributed by atoms with Crippen LogP contribution in [0.25, 0.3) is 17.2 Å². The molecule has 30 heavy (non-hydrogen) atoms. The first kappa shape index (κ1) is 18.5. The van der Waals surface area contributed by atoms with Crippen molar-refractivity contribution in [3.63, 3.8) is 0 Å². The number of pyridine rings is 1. The molecule has 5 heterocycles. The van der Waals surface area contributed by atoms with Crippen molar-refractivity contribution in [3.8, 4) is 23.1 Å². The van der Waals surface area contributed by atoms with Crippen molar-refractivity contribution in [2.75, 3.05) is 20.2 Å². The number of rotatable bonds is 6. The number of aromatic nitrogens is 6. The first-order valence-electron chi connectivity index (χ1n) is 9.75. The minimum atomic E-state index is 0.267. The van der Waals surface area contributed by atoms with E-state index in [9.17, 15) is 0 Å². The van der Waals surface area contributed by atoms with Crippen LogP contribution in [0.3, 0.4) is 0 Å². The summed E-state index contributed by atoms with van der Waals surface area (Å²) in [4.78, 5) is 4.76. The Hall–Kier alpha value is -3.53. The molecular weight excluding hydrogens is 386 g/mol. The summed E-state index contributed by atoms with van der Waals surface area (Å²) in [6, 6.07) is 9.52. The molecule has 0 aliphatic carbocycles. The minimum absolute atomic E-state index is 0.267. The fourth-order valence-electron chi connectivity index (χ4n) is 3.53. The number of hydrogen-bond donors (Lipinski definition) is 1. The van der Waals surface area contributed by atoms with Gasteiger partial charge in [0.05, 0.1) is 12.8 Å². The Morgan fingerprint density at radius 1 is 1.27 bits per heavy atom. The predicted molar refractivity (Wildman–Crippen MR) is 106 cm³/mol. The SMILES string of the molecule is COc1cc2nnc(-c3cc(C)on3)n2nc1OCc1cccc(C2CCNC2)n1. The molecule has 1 aliphatic rings. The average Bonchev–Trinajstić information content (AvgIpc) is 3.52. The first-order valence-corrected chi connectivity index (χ1v) is 9.75. The summed E-state index contributed by atoms with van der Waals surface area (Å²) in [6.07, 6.45) is 1.10. The summed E-state index contributed by atoms with van der Waals surface area (Å²) < 4.78 is 18.1. The van der Waals surface area contributed by atoms with E-state index in [1.807, 2.05) is 19.1 Å². The van der Waals surface area contributed by atoms with E-state index in [-0.39, 0.29) is 6.61 Å². The molecule has 4 aromatic heterocycles. The highest BCUT2D eigenvalue weighted by Crippen LogP contribution is 2.28. The van der Waals surface area contributed by atoms with Crippen LogP contribution < -0.4 is 14.8 Å². The number of ether oxygens (including phenoxy) is 2. The second-order valence-electron chi connectivity index (χ2n) is 7.17. The van der Waals surface area contributed by atoms with Gasteiger partial charge in [-0.1, -0.05) is 11.2 Å². The first-order chi connectivity index (χ1) is 14.7. The standard InChI is InChI=1S/C20H21N7O3/c1-12-8-16(26-30-12)19-24-23-18-9-17(28-2)20(25-27(18)19)29-11-14-4-3-5-15(22-14)13-6-7-21-10-13/h3-5,8-9,13,21H,6-7,10-11H2,1-2H3. The Morgan fingerprint density at radius 2 is 2.20 bits per heavy atom. The van der Waals surface area contributed by atoms with Crippen LogP contribution in [0.1, 0.15) is 29.5 Å². The van der Waals surface area contributed by atoms with Crippen LogP contribution in [0, 0.1) is 6.92 Å². The third kappa shape index (κ3) is 3.45. The zero-order valence-corrected chi connectivity index (χ0v) is 16.7. The number of aryl methyl sites for hydroxylation is 1. The summed E-state index contributed by atoms with van der Waals surface area (Å²) in [5, 5.41) is 20.2. The summed E-state index contributed by atoms with van der Waals surface area (Å²) in [6.45, 7) is 4.07. The van der Waals surface area contributed by atoms with Gasteiger partial charge in [-0.2, -0.15) is 4.52 Å². The minimum Gasteiger partial charge on any atom is -0.491 e. The maximum atomic E-state index is 5.97. The molecule has 5 rings (SSSR count). The van der Waals surface area contributed by atoms with E-state index in [0.29, 0.717) is 40.5 Å². The van der Waals surface area contributed by atoms with Gasteiger partial charge in [0.15, 0.2) is 17.1 Å². The van der Waals surface area contributed by atoms with Gasteiger partial charge in [-0.3, -0.25) is 4.98 Å². The Bertz CT molecular complexity index is 1180. The summed E-state index contributed by atoms with van der Waals surface area (Å²) in [5.74, 6) is 2.37. The van der Waals surface area contributed by atoms with Gasteiger partial charge in [0.1, 0.15) is 12.4 Å². The van der Waals surface area contributed by atoms with E-state index in [1.54, 1.807) is 23.8 Å². The second kappa shape index (κ2) is 7.71. The van der Waals surface area contributed by atoms with E-state index in [4.69, 9.17) is 19.0 Å². The smallest absolute Gasteiger partial charge is 0.275 e. The van der Waals surface area contributed by atoms with Gasteiger partial charge in [-0.05, 0) is 32.0 Å². The fourth-order valence-corrected chi connectivity index (χ4v) is 3.53. The van der Waals surface area contributed by atoms with Crippen LogP contribution in [0.2, 0.25) is 0 Å². The molecule has 1 saturated heterocycles. The van der Waals surface area contributed by atoms with Crippen molar-refractivity contribution in [2.45, 2.75) is 25.9 Å². The maximum absolute atomic E-state index is 5.97. The second-order valence-corrected chi connectivity index (χ2v) is 7.17. The lowest BCUT2D eigenvalue weighted by Gasteiger charge is -2.12. The number of nitrogens with one attached hydrogen (secondary N) is 1. The van der Waals surface area contributed by atoms with Gasteiger partial charge in [-0.25, -0.2) is 0 Å². The normalized spacial score (nSPS) is 16.3. The van der Waals surface area contributed by atoms with Crippen molar-refractivity contribution in [2.24, 2.45) is 0 Å². The van der Waals surface area contributed by atoms with E-state index in [2.05, 4.69) is 31.8 Å². The van der Waals surface area contributed by atoms with E-state index in [0.717, 1.165) is 30.9 Å². The monoisotopic (exact) mass is 407 g/mol. The van der Waals surface area contributed by atoms with Gasteiger partial charge in [-0.15, -0.1) is 15.3 Å². The molecular formula is C20H21N7O3. The highest BCUT2D eigenvalue weighted by molar-refractivity contribution is 5.56. The summed E-state index contributed by atoms with van der Waals surface area (Å²) in [7, 11) is 1.56. The van der Waals surface area contributed by atoms with Gasteiger partial charge in [0, 0.05) is 30.3 Å². The largest absolute Gasteiger partial charge is 0.491 e. The third-order valence-corrected chi connectivity index (χ3v) is 5.07. The van der Waals surface area contributed by atoms with Crippen molar-refractivity contribution in [1.29, 1.82) is 0 Å². The Kier molecular flexibility index (Phi) is 4.75. The third-order valence-electron chi connectivity index (χ3n) is 5.07. The van der Waals surface area contributed by atoms with Crippen LogP contribution >= 0.6 is 0 Å². The topological polar surface area (TPSA) is 112 Å². The van der Waals surface area contributed by atoms with E-state index < -0.39 is 0 Å². The van der Waals surface area contributed by atoms with Gasteiger partial charge in [0.25, 0.3) is 5.88 Å². The lowest BCUT2D eigenvalue weighted by atomic mass is 10.0. The molecule has 0 radical (unpaired) electrons. The fraction of sp³-hybridized carbons (Fsp3) is 0.350. The molecule has 1 unspecified atom stereocenters. The lowest BCUT2D eigenvalue weighted by Crippen LogP contribution is -2.10. The molecule has 1 atom stereocenters. The maximum Gasteiger partial charge on any atom is 0.275 e. The van der Waals surface area contributed by atoms with Crippen molar-refractivity contribution >= 4 is 5.65 Å². The van der Waals surface area contributed by atoms with Crippen LogP contribution in [-0.4, -0.2) is 50.2 Å². The zero-order valence-electron chi connectivity index (χ0n) is 16.7. The predicted octanol–water partition coefficient (Wildman–Crippen LogP) is 2.15. The molecule has 1 N–H and O–H groups in total. The Labute approximate surface area is 172 Å². The van der Waals surface area contributed by atoms with Crippen LogP contribution in [0.4, 0.5) is 0 Å². The highest BCUT2D eigenvalue weighted by atomic mass is 16.5. The molecule has 0 aromatic carbocycles. The van der Waals surface area contributed by atoms with Gasteiger partial charge in [0.2, 0.25) is 5.82 Å². The Balaban J connectivity index is 1.43. The quantitative estimate of drug-likeness (QED) is 0.513. The molecule has 4 aromatic rings. The van der Waals surface area contributed by atoms with Crippen LogP contribution in [-0.2, 0) is 6.61 Å². The lowest BCUT2D eigenvalue weighted by molar-refractivity contribution is 0.264. The zero-order chi connectivity index (χ0) is 20.5. The van der Waals surface area contributed by atoms with Gasteiger partial charge < -0.3 is 19.3 Å². The average molecular weight is 407 g/mol. The Morgan fingerprint density at radius 3 is 2.97 bits per heavy atom. The molecule has 0 amide bonds. The van der Waals surface area contributed by atoms with E-state index in [1.165, 1.54) is 0 Å². The van der Waals surface area contributed by atoms with Crippen LogP contribution in [0.5, 0.6) is 11.6 Å². The molecule has 10 nitrogen and oxygen atoms in total. The summed E-state index contributed by atoms with van der Waals surface area (Å²) in [5.41, 5.74) is 2.98. The van der Waals surface area contributed by atoms with Gasteiger partial charge >= 0.3 is 0 Å². The molecule has 10 heteroatoms. The van der Waals surface area contributed by atoms with E-state index >= 15 is 0 Å². The van der Waals surface area contributed by atoms with Crippen molar-refractivity contribution in [1.82, 2.24) is 35.3 Å². The highest BCUT2D eigenvalue weighted by Gasteiger charge is 2.19. The van der Waals surface area contributed by atoms with Crippen molar-refractivity contribution in [3.05, 3.63) is 47.5 Å². The number of nitrogens with zero attached hydrogens (tertiary/aromatic N) is 6. The van der Waals surface area contributed by atoms with Crippen molar-refractivity contribution < 1.29 is 14.0 Å². The molecule has 0 bridgehead atoms. The summed E-state index contributed by atoms with van der Waals surface area (Å²) >= 11 is 0. The molecule has 154 valence electrons. The molecule has 1 fully saturated rings. The number of methoxy groups -OCH3 is 1. The molecule has 0 spiro atoms.